The van der Waals surface area contributed by atoms with Gasteiger partial charge in [-0.15, -0.1) is 0 Å². The van der Waals surface area contributed by atoms with E-state index < -0.39 is 15.8 Å². The third kappa shape index (κ3) is 4.67. The van der Waals surface area contributed by atoms with Crippen molar-refractivity contribution in [3.8, 4) is 6.07 Å². The van der Waals surface area contributed by atoms with Crippen molar-refractivity contribution in [3.05, 3.63) is 58.4 Å². The number of fused-ring (bicyclic) bond motifs is 2. The molecule has 2 aliphatic carbocycles. The van der Waals surface area contributed by atoms with Crippen molar-refractivity contribution >= 4 is 38.6 Å². The minimum atomic E-state index is -3.18. The Kier molecular flexibility index (Phi) is 6.41. The molecular formula is C28H31ClFN5O2S. The molecule has 10 heteroatoms. The molecule has 2 heterocycles. The summed E-state index contributed by atoms with van der Waals surface area (Å²) in [6.45, 7) is 1.83. The molecule has 0 bridgehead atoms. The largest absolute Gasteiger partial charge is 0.339 e. The molecule has 6 rings (SSSR count). The van der Waals surface area contributed by atoms with Crippen molar-refractivity contribution in [1.29, 1.82) is 5.26 Å². The van der Waals surface area contributed by atoms with Crippen LogP contribution in [0.3, 0.4) is 0 Å². The molecule has 200 valence electrons. The number of aromatic amines is 1. The molecule has 0 amide bonds. The maximum Gasteiger partial charge on any atom is 0.211 e. The van der Waals surface area contributed by atoms with Gasteiger partial charge in [0.05, 0.1) is 33.9 Å². The summed E-state index contributed by atoms with van der Waals surface area (Å²) in [7, 11) is -3.18. The van der Waals surface area contributed by atoms with Crippen LogP contribution in [-0.2, 0) is 15.4 Å². The molecule has 1 aliphatic heterocycles. The SMILES string of the molecule is CS(=O)(=O)N1CCC(CN(c2nc3cc(Cl)c(F)cc3[nH]2)[C@@H]2CC[C@]3(c4cccc(C#N)c4)C[C@@H]3C2)CC1. The number of hydrogen-bond donors (Lipinski definition) is 1. The molecule has 38 heavy (non-hydrogen) atoms. The minimum absolute atomic E-state index is 0.0512. The van der Waals surface area contributed by atoms with Crippen LogP contribution in [0.5, 0.6) is 0 Å². The number of nitrogens with zero attached hydrogens (tertiary/aromatic N) is 4. The molecule has 3 atom stereocenters. The lowest BCUT2D eigenvalue weighted by molar-refractivity contribution is 0.264. The second-order valence-corrected chi connectivity index (χ2v) is 13.7. The standard InChI is InChI=1S/C28H31ClFN5O2S/c1-38(36,37)34-9-6-18(7-10-34)17-35(27-32-25-13-23(29)24(30)14-26(25)33-27)22-5-8-28(15-21(28)12-22)20-4-2-3-19(11-20)16-31/h2-4,11,13-14,18,21-22H,5-10,12,15,17H2,1H3,(H,32,33)/t21-,22+,28+/m0/s1. The average molecular weight is 556 g/mol. The molecule has 3 aliphatic rings. The van der Waals surface area contributed by atoms with Crippen molar-refractivity contribution in [2.24, 2.45) is 11.8 Å². The molecular weight excluding hydrogens is 525 g/mol. The van der Waals surface area contributed by atoms with Crippen molar-refractivity contribution in [3.63, 3.8) is 0 Å². The Morgan fingerprint density at radius 1 is 1.26 bits per heavy atom. The predicted octanol–water partition coefficient (Wildman–Crippen LogP) is 5.22. The van der Waals surface area contributed by atoms with Gasteiger partial charge in [-0.2, -0.15) is 5.26 Å². The normalized spacial score (nSPS) is 26.2. The number of benzene rings is 2. The predicted molar refractivity (Wildman–Crippen MR) is 146 cm³/mol. The Bertz CT molecular complexity index is 1490. The molecule has 0 unspecified atom stereocenters. The van der Waals surface area contributed by atoms with E-state index in [4.69, 9.17) is 16.6 Å². The third-order valence-electron chi connectivity index (χ3n) is 9.00. The number of aromatic nitrogens is 2. The molecule has 7 nitrogen and oxygen atoms in total. The maximum atomic E-state index is 14.2. The molecule has 3 aromatic rings. The van der Waals surface area contributed by atoms with Gasteiger partial charge in [-0.3, -0.25) is 0 Å². The van der Waals surface area contributed by atoms with Gasteiger partial charge in [0.25, 0.3) is 0 Å². The first kappa shape index (κ1) is 25.6. The number of nitrogens with one attached hydrogen (secondary N) is 1. The van der Waals surface area contributed by atoms with E-state index in [1.165, 1.54) is 17.9 Å². The Morgan fingerprint density at radius 3 is 2.76 bits per heavy atom. The summed E-state index contributed by atoms with van der Waals surface area (Å²) in [5.74, 6) is 1.12. The van der Waals surface area contributed by atoms with Gasteiger partial charge in [0, 0.05) is 31.7 Å². The second kappa shape index (κ2) is 9.51. The number of imidazole rings is 1. The number of halogens is 2. The summed E-state index contributed by atoms with van der Waals surface area (Å²) < 4.78 is 39.7. The van der Waals surface area contributed by atoms with Crippen molar-refractivity contribution < 1.29 is 12.8 Å². The molecule has 2 aromatic carbocycles. The number of piperidine rings is 1. The van der Waals surface area contributed by atoms with E-state index in [1.54, 1.807) is 10.4 Å². The summed E-state index contributed by atoms with van der Waals surface area (Å²) in [5, 5.41) is 9.43. The first-order valence-electron chi connectivity index (χ1n) is 13.2. The minimum Gasteiger partial charge on any atom is -0.339 e. The molecule has 1 aromatic heterocycles. The summed E-state index contributed by atoms with van der Waals surface area (Å²) in [6, 6.07) is 13.5. The summed E-state index contributed by atoms with van der Waals surface area (Å²) in [6.07, 6.45) is 7.04. The highest BCUT2D eigenvalue weighted by molar-refractivity contribution is 7.88. The monoisotopic (exact) mass is 555 g/mol. The van der Waals surface area contributed by atoms with Crippen LogP contribution in [0.2, 0.25) is 5.02 Å². The smallest absolute Gasteiger partial charge is 0.211 e. The lowest BCUT2D eigenvalue weighted by Crippen LogP contribution is -2.46. The zero-order valence-corrected chi connectivity index (χ0v) is 22.9. The van der Waals surface area contributed by atoms with E-state index in [2.05, 4.69) is 22.0 Å². The molecule has 1 saturated heterocycles. The number of nitriles is 1. The zero-order valence-electron chi connectivity index (χ0n) is 21.3. The van der Waals surface area contributed by atoms with Crippen LogP contribution in [-0.4, -0.2) is 54.6 Å². The van der Waals surface area contributed by atoms with Crippen molar-refractivity contribution in [2.45, 2.75) is 50.0 Å². The molecule has 3 fully saturated rings. The lowest BCUT2D eigenvalue weighted by Gasteiger charge is -2.40. The third-order valence-corrected chi connectivity index (χ3v) is 10.6. The van der Waals surface area contributed by atoms with E-state index in [1.807, 2.05) is 18.2 Å². The van der Waals surface area contributed by atoms with Gasteiger partial charge in [-0.05, 0) is 79.5 Å². The average Bonchev–Trinajstić information content (AvgIpc) is 3.52. The van der Waals surface area contributed by atoms with Crippen LogP contribution in [0, 0.1) is 29.0 Å². The number of H-pyrrole nitrogens is 1. The van der Waals surface area contributed by atoms with Gasteiger partial charge < -0.3 is 9.88 Å². The zero-order chi connectivity index (χ0) is 26.7. The number of anilines is 1. The van der Waals surface area contributed by atoms with E-state index in [-0.39, 0.29) is 16.5 Å². The summed E-state index contributed by atoms with van der Waals surface area (Å²) in [5.41, 5.74) is 3.38. The Hall–Kier alpha value is -2.67. The number of rotatable bonds is 6. The van der Waals surface area contributed by atoms with Crippen LogP contribution >= 0.6 is 11.6 Å². The van der Waals surface area contributed by atoms with E-state index in [9.17, 15) is 18.1 Å². The fourth-order valence-electron chi connectivity index (χ4n) is 6.78. The van der Waals surface area contributed by atoms with Gasteiger partial charge in [0.2, 0.25) is 16.0 Å². The maximum absolute atomic E-state index is 14.2. The van der Waals surface area contributed by atoms with Crippen LogP contribution in [0.25, 0.3) is 11.0 Å². The van der Waals surface area contributed by atoms with Gasteiger partial charge >= 0.3 is 0 Å². The molecule has 0 radical (unpaired) electrons. The van der Waals surface area contributed by atoms with Crippen molar-refractivity contribution in [1.82, 2.24) is 14.3 Å². The second-order valence-electron chi connectivity index (χ2n) is 11.3. The Morgan fingerprint density at radius 2 is 2.05 bits per heavy atom. The lowest BCUT2D eigenvalue weighted by atomic mass is 9.79. The van der Waals surface area contributed by atoms with Crippen LogP contribution in [0.1, 0.15) is 49.7 Å². The topological polar surface area (TPSA) is 93.1 Å². The highest BCUT2D eigenvalue weighted by Crippen LogP contribution is 2.63. The number of hydrogen-bond acceptors (Lipinski definition) is 5. The Balaban J connectivity index is 1.25. The van der Waals surface area contributed by atoms with Crippen LogP contribution in [0.15, 0.2) is 36.4 Å². The van der Waals surface area contributed by atoms with Gasteiger partial charge in [0.15, 0.2) is 0 Å². The van der Waals surface area contributed by atoms with E-state index >= 15 is 0 Å². The van der Waals surface area contributed by atoms with Gasteiger partial charge in [0.1, 0.15) is 5.82 Å². The summed E-state index contributed by atoms with van der Waals surface area (Å²) >= 11 is 6.03. The van der Waals surface area contributed by atoms with Crippen molar-refractivity contribution in [2.75, 3.05) is 30.8 Å². The fourth-order valence-corrected chi connectivity index (χ4v) is 7.82. The molecule has 0 spiro atoms. The van der Waals surface area contributed by atoms with Gasteiger partial charge in [-0.25, -0.2) is 22.1 Å². The van der Waals surface area contributed by atoms with Gasteiger partial charge in [-0.1, -0.05) is 23.7 Å². The summed E-state index contributed by atoms with van der Waals surface area (Å²) in [4.78, 5) is 10.5. The van der Waals surface area contributed by atoms with E-state index in [0.717, 1.165) is 51.0 Å². The molecule has 2 saturated carbocycles. The van der Waals surface area contributed by atoms with E-state index in [0.29, 0.717) is 41.5 Å². The van der Waals surface area contributed by atoms with Crippen LogP contribution < -0.4 is 4.90 Å². The highest BCUT2D eigenvalue weighted by atomic mass is 35.5. The molecule has 1 N–H and O–H groups in total. The fraction of sp³-hybridized carbons (Fsp3) is 0.500. The Labute approximate surface area is 227 Å². The first-order chi connectivity index (χ1) is 18.2. The van der Waals surface area contributed by atoms with Crippen LogP contribution in [0.4, 0.5) is 10.3 Å². The highest BCUT2D eigenvalue weighted by Gasteiger charge is 2.58. The number of sulfonamides is 1. The first-order valence-corrected chi connectivity index (χ1v) is 15.5. The quantitative estimate of drug-likeness (QED) is 0.450.